The van der Waals surface area contributed by atoms with Gasteiger partial charge in [0.15, 0.2) is 5.69 Å². The number of para-hydroxylation sites is 1. The molecule has 1 aliphatic carbocycles. The number of halogens is 3. The quantitative estimate of drug-likeness (QED) is 0.254. The fourth-order valence-corrected chi connectivity index (χ4v) is 4.73. The minimum Gasteiger partial charge on any atom is -0.401 e. The van der Waals surface area contributed by atoms with Crippen LogP contribution in [0.25, 0.3) is 33.7 Å². The second-order valence-electron chi connectivity index (χ2n) is 9.51. The number of aromatic nitrogens is 5. The van der Waals surface area contributed by atoms with Gasteiger partial charge >= 0.3 is 17.8 Å². The van der Waals surface area contributed by atoms with Gasteiger partial charge < -0.3 is 14.8 Å². The van der Waals surface area contributed by atoms with Crippen molar-refractivity contribution in [3.63, 3.8) is 0 Å². The first-order chi connectivity index (χ1) is 19.8. The van der Waals surface area contributed by atoms with E-state index in [1.807, 2.05) is 36.4 Å². The average molecular weight is 562 g/mol. The predicted octanol–water partition coefficient (Wildman–Crippen LogP) is 5.19. The Morgan fingerprint density at radius 3 is 2.49 bits per heavy atom. The molecule has 1 saturated carbocycles. The number of alkyl halides is 3. The molecule has 1 fully saturated rings. The fourth-order valence-electron chi connectivity index (χ4n) is 4.73. The lowest BCUT2D eigenvalue weighted by molar-refractivity contribution is -0.137. The molecule has 0 aliphatic heterocycles. The zero-order chi connectivity index (χ0) is 28.6. The van der Waals surface area contributed by atoms with E-state index in [0.717, 1.165) is 18.1 Å². The molecule has 0 unspecified atom stereocenters. The predicted molar refractivity (Wildman–Crippen MR) is 144 cm³/mol. The van der Waals surface area contributed by atoms with E-state index in [9.17, 15) is 23.1 Å². The maximum absolute atomic E-state index is 13.4. The molecule has 0 amide bonds. The summed E-state index contributed by atoms with van der Waals surface area (Å²) in [6.45, 7) is 0. The molecular weight excluding hydrogens is 539 g/mol. The molecule has 0 spiro atoms. The molecule has 1 aliphatic rings. The van der Waals surface area contributed by atoms with Crippen LogP contribution in [0.3, 0.4) is 0 Å². The number of hydrogen-bond acceptors (Lipinski definition) is 10. The Morgan fingerprint density at radius 1 is 0.951 bits per heavy atom. The molecule has 3 N–H and O–H groups in total. The number of nitrogens with zero attached hydrogens (tertiary/aromatic N) is 5. The molecule has 10 nitrogen and oxygen atoms in total. The topological polar surface area (TPSA) is 139 Å². The van der Waals surface area contributed by atoms with Gasteiger partial charge in [0.25, 0.3) is 5.89 Å². The monoisotopic (exact) mass is 561 g/mol. The number of aliphatic hydroxyl groups excluding tert-OH is 1. The first-order valence-corrected chi connectivity index (χ1v) is 12.8. The summed E-state index contributed by atoms with van der Waals surface area (Å²) < 4.78 is 46.0. The van der Waals surface area contributed by atoms with Gasteiger partial charge in [-0.3, -0.25) is 10.1 Å². The summed E-state index contributed by atoms with van der Waals surface area (Å²) >= 11 is 0. The lowest BCUT2D eigenvalue weighted by atomic mass is 10.1. The van der Waals surface area contributed by atoms with E-state index < -0.39 is 29.4 Å². The summed E-state index contributed by atoms with van der Waals surface area (Å²) in [6.07, 6.45) is -2.87. The number of aliphatic hydroxyl groups is 1. The van der Waals surface area contributed by atoms with E-state index in [4.69, 9.17) is 4.42 Å². The summed E-state index contributed by atoms with van der Waals surface area (Å²) in [4.78, 5) is 25.7. The van der Waals surface area contributed by atoms with Crippen molar-refractivity contribution in [1.82, 2.24) is 25.1 Å². The van der Waals surface area contributed by atoms with Gasteiger partial charge in [0.2, 0.25) is 5.82 Å². The molecule has 3 heterocycles. The summed E-state index contributed by atoms with van der Waals surface area (Å²) in [5.74, 6) is -0.395. The Balaban J connectivity index is 1.38. The van der Waals surface area contributed by atoms with E-state index in [0.29, 0.717) is 35.6 Å². The van der Waals surface area contributed by atoms with Crippen molar-refractivity contribution in [2.75, 3.05) is 10.6 Å². The third kappa shape index (κ3) is 5.43. The molecule has 0 radical (unpaired) electrons. The lowest BCUT2D eigenvalue weighted by Gasteiger charge is -2.20. The van der Waals surface area contributed by atoms with Crippen LogP contribution in [0.15, 0.2) is 76.1 Å². The molecule has 6 rings (SSSR count). The van der Waals surface area contributed by atoms with Crippen LogP contribution in [-0.2, 0) is 6.18 Å². The SMILES string of the molecule is O=c1nc2ccccc2c(-c2ccccc2)nc1Nc1nnc(-c2ncc(C(F)(F)F)cc2N[C@@H]2CCC[C@@H]2O)o1. The number of anilines is 3. The lowest BCUT2D eigenvalue weighted by Crippen LogP contribution is -2.28. The Morgan fingerprint density at radius 2 is 1.73 bits per heavy atom. The number of benzene rings is 2. The van der Waals surface area contributed by atoms with Gasteiger partial charge in [-0.05, 0) is 31.4 Å². The average Bonchev–Trinajstić information content (AvgIpc) is 3.56. The minimum atomic E-state index is -4.64. The third-order valence-electron chi connectivity index (χ3n) is 6.74. The Bertz CT molecular complexity index is 1780. The van der Waals surface area contributed by atoms with Gasteiger partial charge in [-0.25, -0.2) is 15.0 Å². The van der Waals surface area contributed by atoms with Crippen LogP contribution in [0.4, 0.5) is 30.7 Å². The highest BCUT2D eigenvalue weighted by Gasteiger charge is 2.34. The zero-order valence-corrected chi connectivity index (χ0v) is 21.3. The number of pyridine rings is 1. The number of fused-ring (bicyclic) bond motifs is 1. The molecule has 0 saturated heterocycles. The van der Waals surface area contributed by atoms with Gasteiger partial charge in [0, 0.05) is 17.1 Å². The van der Waals surface area contributed by atoms with Crippen LogP contribution in [0, 0.1) is 0 Å². The van der Waals surface area contributed by atoms with Gasteiger partial charge in [0.05, 0.1) is 34.6 Å². The second-order valence-corrected chi connectivity index (χ2v) is 9.51. The standard InChI is InChI=1S/C28H22F3N7O3/c29-28(30,31)16-13-20(33-19-11-6-12-21(19)39)23(32-14-16)26-37-38-27(41-26)36-24-25(40)34-18-10-5-4-9-17(18)22(35-24)15-7-2-1-3-8-15/h1-5,7-10,13-14,19,21,33,39H,6,11-12H2,(H,34,35,36,38,40)/t19-,21+/m1/s1. The Hall–Kier alpha value is -4.91. The summed E-state index contributed by atoms with van der Waals surface area (Å²) in [6, 6.07) is 16.5. The Labute approximate surface area is 230 Å². The van der Waals surface area contributed by atoms with Gasteiger partial charge in [-0.1, -0.05) is 53.6 Å². The van der Waals surface area contributed by atoms with Crippen LogP contribution >= 0.6 is 0 Å². The van der Waals surface area contributed by atoms with E-state index in [1.54, 1.807) is 18.2 Å². The zero-order valence-electron chi connectivity index (χ0n) is 21.3. The van der Waals surface area contributed by atoms with E-state index >= 15 is 0 Å². The van der Waals surface area contributed by atoms with E-state index in [-0.39, 0.29) is 29.1 Å². The molecule has 208 valence electrons. The van der Waals surface area contributed by atoms with E-state index in [1.165, 1.54) is 0 Å². The number of nitrogens with one attached hydrogen (secondary N) is 2. The molecule has 3 aromatic heterocycles. The van der Waals surface area contributed by atoms with Crippen molar-refractivity contribution in [2.45, 2.75) is 37.6 Å². The molecule has 0 bridgehead atoms. The maximum atomic E-state index is 13.4. The normalized spacial score (nSPS) is 17.1. The highest BCUT2D eigenvalue weighted by molar-refractivity contribution is 5.92. The fraction of sp³-hybridized carbons (Fsp3) is 0.214. The highest BCUT2D eigenvalue weighted by atomic mass is 19.4. The smallest absolute Gasteiger partial charge is 0.401 e. The Kier molecular flexibility index (Phi) is 6.79. The van der Waals surface area contributed by atoms with Crippen molar-refractivity contribution in [3.05, 3.63) is 82.8 Å². The van der Waals surface area contributed by atoms with Crippen molar-refractivity contribution in [2.24, 2.45) is 0 Å². The molecule has 13 heteroatoms. The van der Waals surface area contributed by atoms with Crippen LogP contribution in [0.5, 0.6) is 0 Å². The van der Waals surface area contributed by atoms with Crippen molar-refractivity contribution < 1.29 is 22.7 Å². The molecular formula is C28H22F3N7O3. The largest absolute Gasteiger partial charge is 0.417 e. The molecule has 2 atom stereocenters. The number of rotatable bonds is 6. The van der Waals surface area contributed by atoms with Crippen LogP contribution in [-0.4, -0.2) is 42.4 Å². The number of hydrogen-bond donors (Lipinski definition) is 3. The van der Waals surface area contributed by atoms with E-state index in [2.05, 4.69) is 35.8 Å². The minimum absolute atomic E-state index is 0.0194. The molecule has 41 heavy (non-hydrogen) atoms. The van der Waals surface area contributed by atoms with Crippen molar-refractivity contribution in [3.8, 4) is 22.8 Å². The van der Waals surface area contributed by atoms with Crippen LogP contribution in [0.2, 0.25) is 0 Å². The summed E-state index contributed by atoms with van der Waals surface area (Å²) in [5, 5.41) is 24.4. The van der Waals surface area contributed by atoms with Crippen LogP contribution < -0.4 is 16.2 Å². The van der Waals surface area contributed by atoms with Gasteiger partial charge in [0.1, 0.15) is 0 Å². The van der Waals surface area contributed by atoms with Crippen LogP contribution in [0.1, 0.15) is 24.8 Å². The first-order valence-electron chi connectivity index (χ1n) is 12.8. The first kappa shape index (κ1) is 26.3. The molecule has 2 aromatic carbocycles. The van der Waals surface area contributed by atoms with Crippen molar-refractivity contribution in [1.29, 1.82) is 0 Å². The summed E-state index contributed by atoms with van der Waals surface area (Å²) in [5.41, 5.74) is -0.0551. The second kappa shape index (κ2) is 10.6. The molecule has 5 aromatic rings. The maximum Gasteiger partial charge on any atom is 0.417 e. The van der Waals surface area contributed by atoms with Gasteiger partial charge in [-0.2, -0.15) is 13.2 Å². The van der Waals surface area contributed by atoms with Crippen molar-refractivity contribution >= 4 is 28.4 Å². The van der Waals surface area contributed by atoms with Gasteiger partial charge in [-0.15, -0.1) is 5.10 Å². The summed E-state index contributed by atoms with van der Waals surface area (Å²) in [7, 11) is 0. The third-order valence-corrected chi connectivity index (χ3v) is 6.74. The highest BCUT2D eigenvalue weighted by Crippen LogP contribution is 2.36.